The molecule has 0 unspecified atom stereocenters. The van der Waals surface area contributed by atoms with E-state index in [1.165, 1.54) is 39.2 Å². The number of aromatic nitrogens is 4. The molecule has 0 bridgehead atoms. The predicted octanol–water partition coefficient (Wildman–Crippen LogP) is 0.791. The van der Waals surface area contributed by atoms with Gasteiger partial charge in [-0.3, -0.25) is 14.4 Å². The minimum Gasteiger partial charge on any atom is -0.477 e. The average Bonchev–Trinajstić information content (AvgIpc) is 3.27. The van der Waals surface area contributed by atoms with Crippen LogP contribution in [0.4, 0.5) is 5.69 Å². The lowest BCUT2D eigenvalue weighted by molar-refractivity contribution is -0.128. The third-order valence-corrected chi connectivity index (χ3v) is 3.87. The Morgan fingerprint density at radius 2 is 1.84 bits per heavy atom. The van der Waals surface area contributed by atoms with Crippen molar-refractivity contribution in [2.75, 3.05) is 4.90 Å². The number of H-pyrrole nitrogens is 1. The first kappa shape index (κ1) is 23.2. The molecule has 2 amide bonds. The van der Waals surface area contributed by atoms with Gasteiger partial charge in [-0.05, 0) is 38.1 Å². The van der Waals surface area contributed by atoms with Crippen LogP contribution in [-0.4, -0.2) is 43.4 Å². The van der Waals surface area contributed by atoms with Crippen LogP contribution in [0.3, 0.4) is 0 Å². The van der Waals surface area contributed by atoms with Crippen molar-refractivity contribution in [2.24, 2.45) is 5.73 Å². The summed E-state index contributed by atoms with van der Waals surface area (Å²) in [4.78, 5) is 61.3. The summed E-state index contributed by atoms with van der Waals surface area (Å²) in [5, 5.41) is 8.85. The first-order valence-corrected chi connectivity index (χ1v) is 8.96. The molecule has 2 heterocycles. The molecule has 11 nitrogen and oxygen atoms in total. The Kier molecular flexibility index (Phi) is 7.16. The number of carboxylic acids is 1. The van der Waals surface area contributed by atoms with Crippen molar-refractivity contribution in [3.8, 4) is 11.4 Å². The number of imide groups is 1. The van der Waals surface area contributed by atoms with Gasteiger partial charge in [-0.25, -0.2) is 14.7 Å². The summed E-state index contributed by atoms with van der Waals surface area (Å²) in [6.07, 6.45) is 5.74. The molecule has 11 heteroatoms. The first-order chi connectivity index (χ1) is 14.5. The van der Waals surface area contributed by atoms with Crippen LogP contribution in [-0.2, 0) is 9.59 Å². The number of anilines is 1. The Labute approximate surface area is 177 Å². The van der Waals surface area contributed by atoms with E-state index in [1.807, 2.05) is 0 Å². The number of benzene rings is 1. The fourth-order valence-electron chi connectivity index (χ4n) is 2.38. The highest BCUT2D eigenvalue weighted by Crippen LogP contribution is 2.22. The molecule has 162 valence electrons. The van der Waals surface area contributed by atoms with Crippen molar-refractivity contribution < 1.29 is 19.5 Å². The quantitative estimate of drug-likeness (QED) is 0.546. The van der Waals surface area contributed by atoms with Crippen LogP contribution in [0.2, 0.25) is 0 Å². The molecule has 4 N–H and O–H groups in total. The second kappa shape index (κ2) is 9.59. The number of rotatable bonds is 4. The molecule has 31 heavy (non-hydrogen) atoms. The zero-order chi connectivity index (χ0) is 23.2. The summed E-state index contributed by atoms with van der Waals surface area (Å²) in [5.41, 5.74) is 4.10. The van der Waals surface area contributed by atoms with Gasteiger partial charge in [0.1, 0.15) is 11.4 Å². The first-order valence-electron chi connectivity index (χ1n) is 8.96. The molecular formula is C20H21N6O5-. The van der Waals surface area contributed by atoms with Crippen molar-refractivity contribution in [3.63, 3.8) is 0 Å². The van der Waals surface area contributed by atoms with Crippen LogP contribution >= 0.6 is 0 Å². The average molecular weight is 425 g/mol. The Balaban J connectivity index is 0.000000597. The van der Waals surface area contributed by atoms with Crippen LogP contribution in [0.5, 0.6) is 0 Å². The second-order valence-electron chi connectivity index (χ2n) is 6.92. The fourth-order valence-corrected chi connectivity index (χ4v) is 2.38. The summed E-state index contributed by atoms with van der Waals surface area (Å²) in [6, 6.07) is 6.10. The zero-order valence-corrected chi connectivity index (χ0v) is 17.1. The molecule has 0 aliphatic carbocycles. The van der Waals surface area contributed by atoms with E-state index in [-0.39, 0.29) is 5.82 Å². The van der Waals surface area contributed by atoms with Crippen molar-refractivity contribution in [1.29, 1.82) is 0 Å². The van der Waals surface area contributed by atoms with E-state index in [9.17, 15) is 19.2 Å². The van der Waals surface area contributed by atoms with E-state index >= 15 is 0 Å². The molecule has 2 aromatic heterocycles. The number of hydrogen-bond acceptors (Lipinski definition) is 7. The molecule has 3 rings (SSSR count). The normalized spacial score (nSPS) is 10.6. The number of imidazole rings is 1. The SMILES string of the molecule is CC(=O)N(C(=O)C(C)(C)N)c1ccc(-c2ncc(C(=O)O)c(=O)[nH]2)cc1.c1c[n-]cn1. The number of aromatic amines is 1. The number of hydrogen-bond donors (Lipinski definition) is 3. The highest BCUT2D eigenvalue weighted by molar-refractivity contribution is 6.17. The van der Waals surface area contributed by atoms with Crippen LogP contribution in [0.25, 0.3) is 11.4 Å². The van der Waals surface area contributed by atoms with Crippen LogP contribution in [0.15, 0.2) is 54.0 Å². The van der Waals surface area contributed by atoms with Crippen LogP contribution < -0.4 is 21.2 Å². The number of aromatic carboxylic acids is 1. The summed E-state index contributed by atoms with van der Waals surface area (Å²) in [6.45, 7) is 4.25. The fraction of sp³-hybridized carbons (Fsp3) is 0.200. The Morgan fingerprint density at radius 3 is 2.23 bits per heavy atom. The summed E-state index contributed by atoms with van der Waals surface area (Å²) in [7, 11) is 0. The van der Waals surface area contributed by atoms with E-state index in [0.29, 0.717) is 11.3 Å². The number of carbonyl (C=O) groups excluding carboxylic acids is 2. The van der Waals surface area contributed by atoms with Crippen LogP contribution in [0, 0.1) is 0 Å². The topological polar surface area (TPSA) is 173 Å². The molecule has 0 atom stereocenters. The molecule has 1 aromatic carbocycles. The van der Waals surface area contributed by atoms with E-state index in [1.54, 1.807) is 24.5 Å². The largest absolute Gasteiger partial charge is 0.477 e. The Morgan fingerprint density at radius 1 is 1.19 bits per heavy atom. The number of nitrogens with two attached hydrogens (primary N) is 1. The van der Waals surface area contributed by atoms with Gasteiger partial charge >= 0.3 is 5.97 Å². The molecule has 0 aliphatic rings. The van der Waals surface area contributed by atoms with E-state index in [0.717, 1.165) is 11.1 Å². The maximum atomic E-state index is 12.4. The number of nitrogens with one attached hydrogen (secondary N) is 1. The Bertz CT molecular complexity index is 1100. The van der Waals surface area contributed by atoms with E-state index in [2.05, 4.69) is 19.9 Å². The van der Waals surface area contributed by atoms with E-state index in [4.69, 9.17) is 10.8 Å². The van der Waals surface area contributed by atoms with Crippen molar-refractivity contribution in [1.82, 2.24) is 19.9 Å². The Hall–Kier alpha value is -4.12. The van der Waals surface area contributed by atoms with Gasteiger partial charge in [0, 0.05) is 18.7 Å². The number of nitrogens with zero attached hydrogens (tertiary/aromatic N) is 4. The van der Waals surface area contributed by atoms with Gasteiger partial charge in [-0.2, -0.15) is 0 Å². The molecule has 0 saturated heterocycles. The van der Waals surface area contributed by atoms with Gasteiger partial charge in [0.05, 0.1) is 11.2 Å². The molecule has 0 aliphatic heterocycles. The lowest BCUT2D eigenvalue weighted by Crippen LogP contribution is -2.53. The minimum absolute atomic E-state index is 0.159. The van der Waals surface area contributed by atoms with Gasteiger partial charge in [0.25, 0.3) is 11.5 Å². The zero-order valence-electron chi connectivity index (χ0n) is 17.1. The van der Waals surface area contributed by atoms with Gasteiger partial charge < -0.3 is 25.8 Å². The molecule has 0 spiro atoms. The highest BCUT2D eigenvalue weighted by atomic mass is 16.4. The third-order valence-electron chi connectivity index (χ3n) is 3.87. The molecule has 3 aromatic rings. The standard InChI is InChI=1S/C17H18N4O5.C3H3N2/c1-9(22)21(16(26)17(2,3)18)11-6-4-10(5-7-11)13-19-8-12(15(24)25)14(23)20-13;1-2-5-3-4-1/h4-8H,18H2,1-3H3,(H,24,25)(H,19,20,23);1-3H/q;-1. The highest BCUT2D eigenvalue weighted by Gasteiger charge is 2.31. The third kappa shape index (κ3) is 5.93. The van der Waals surface area contributed by atoms with Gasteiger partial charge in [0.15, 0.2) is 0 Å². The number of amides is 2. The minimum atomic E-state index is -1.37. The summed E-state index contributed by atoms with van der Waals surface area (Å²) < 4.78 is 0. The second-order valence-corrected chi connectivity index (χ2v) is 6.92. The van der Waals surface area contributed by atoms with Crippen molar-refractivity contribution in [2.45, 2.75) is 26.3 Å². The number of carbonyl (C=O) groups is 3. The lowest BCUT2D eigenvalue weighted by Gasteiger charge is -2.27. The van der Waals surface area contributed by atoms with Crippen molar-refractivity contribution in [3.05, 3.63) is 65.1 Å². The maximum absolute atomic E-state index is 12.4. The molecule has 0 radical (unpaired) electrons. The van der Waals surface area contributed by atoms with Gasteiger partial charge in [0.2, 0.25) is 5.91 Å². The molecule has 0 saturated carbocycles. The maximum Gasteiger partial charge on any atom is 0.342 e. The smallest absolute Gasteiger partial charge is 0.342 e. The van der Waals surface area contributed by atoms with Crippen LogP contribution in [0.1, 0.15) is 31.1 Å². The van der Waals surface area contributed by atoms with Gasteiger partial charge in [-0.1, -0.05) is 18.7 Å². The monoisotopic (exact) mass is 425 g/mol. The van der Waals surface area contributed by atoms with Crippen molar-refractivity contribution >= 4 is 23.5 Å². The number of carboxylic acid groups (broad SMARTS) is 1. The predicted molar refractivity (Wildman–Crippen MR) is 111 cm³/mol. The van der Waals surface area contributed by atoms with E-state index < -0.39 is 34.4 Å². The van der Waals surface area contributed by atoms with Gasteiger partial charge in [-0.15, -0.1) is 0 Å². The lowest BCUT2D eigenvalue weighted by atomic mass is 10.0. The summed E-state index contributed by atoms with van der Waals surface area (Å²) in [5.74, 6) is -2.26. The molecule has 0 fully saturated rings. The molecular weight excluding hydrogens is 404 g/mol. The summed E-state index contributed by atoms with van der Waals surface area (Å²) >= 11 is 0.